The number of Topliss-reactive ketones (excluding diaryl/α,β-unsaturated/α-hetero) is 1. The lowest BCUT2D eigenvalue weighted by molar-refractivity contribution is 0.0204. The van der Waals surface area contributed by atoms with Crippen molar-refractivity contribution >= 4 is 11.8 Å². The maximum Gasteiger partial charge on any atom is 0.355 e. The molecule has 0 saturated heterocycles. The quantitative estimate of drug-likeness (QED) is 0.719. The molecule has 0 radical (unpaired) electrons. The van der Waals surface area contributed by atoms with E-state index in [4.69, 9.17) is 14.2 Å². The molecule has 2 aliphatic carbocycles. The van der Waals surface area contributed by atoms with Crippen molar-refractivity contribution in [2.45, 2.75) is 63.9 Å². The Morgan fingerprint density at radius 3 is 2.47 bits per heavy atom. The number of benzene rings is 1. The first-order chi connectivity index (χ1) is 14.5. The van der Waals surface area contributed by atoms with E-state index in [-0.39, 0.29) is 23.8 Å². The number of aromatic amines is 1. The summed E-state index contributed by atoms with van der Waals surface area (Å²) in [5.41, 5.74) is 3.63. The van der Waals surface area contributed by atoms with Crippen LogP contribution in [0.25, 0.3) is 0 Å². The van der Waals surface area contributed by atoms with Gasteiger partial charge < -0.3 is 19.2 Å². The van der Waals surface area contributed by atoms with E-state index < -0.39 is 0 Å². The number of carbonyl (C=O) groups excluding carboxylic acids is 2. The highest BCUT2D eigenvalue weighted by atomic mass is 16.5. The second kappa shape index (κ2) is 8.54. The topological polar surface area (TPSA) is 77.6 Å². The Morgan fingerprint density at radius 1 is 1.03 bits per heavy atom. The third-order valence-corrected chi connectivity index (χ3v) is 6.40. The van der Waals surface area contributed by atoms with E-state index in [1.165, 1.54) is 6.42 Å². The lowest BCUT2D eigenvalue weighted by Gasteiger charge is -2.23. The van der Waals surface area contributed by atoms with E-state index in [1.54, 1.807) is 14.2 Å². The van der Waals surface area contributed by atoms with Gasteiger partial charge in [-0.25, -0.2) is 4.79 Å². The average Bonchev–Trinajstić information content (AvgIpc) is 3.11. The SMILES string of the molecule is COc1ccc(C2CC(=O)c3c([nH]c(C(=O)OC4CCCCC4)c3C)C2)cc1OC. The van der Waals surface area contributed by atoms with Crippen molar-refractivity contribution in [3.63, 3.8) is 0 Å². The number of carbonyl (C=O) groups is 2. The molecular weight excluding hydrogens is 382 g/mol. The van der Waals surface area contributed by atoms with Gasteiger partial charge in [-0.2, -0.15) is 0 Å². The number of nitrogens with one attached hydrogen (secondary N) is 1. The van der Waals surface area contributed by atoms with Crippen molar-refractivity contribution in [2.75, 3.05) is 14.2 Å². The second-order valence-corrected chi connectivity index (χ2v) is 8.29. The smallest absolute Gasteiger partial charge is 0.355 e. The first kappa shape index (κ1) is 20.5. The Bertz CT molecular complexity index is 955. The largest absolute Gasteiger partial charge is 0.493 e. The molecule has 6 nitrogen and oxygen atoms in total. The summed E-state index contributed by atoms with van der Waals surface area (Å²) < 4.78 is 16.5. The fraction of sp³-hybridized carbons (Fsp3) is 0.500. The molecule has 1 unspecified atom stereocenters. The lowest BCUT2D eigenvalue weighted by atomic mass is 9.81. The molecule has 1 aromatic carbocycles. The molecule has 1 saturated carbocycles. The van der Waals surface area contributed by atoms with Crippen LogP contribution in [-0.2, 0) is 11.2 Å². The van der Waals surface area contributed by atoms with E-state index >= 15 is 0 Å². The fourth-order valence-corrected chi connectivity index (χ4v) is 4.77. The van der Waals surface area contributed by atoms with Crippen molar-refractivity contribution in [2.24, 2.45) is 0 Å². The Balaban J connectivity index is 1.57. The normalized spacial score (nSPS) is 19.3. The van der Waals surface area contributed by atoms with Gasteiger partial charge >= 0.3 is 5.97 Å². The summed E-state index contributed by atoms with van der Waals surface area (Å²) in [6.07, 6.45) is 6.30. The number of rotatable bonds is 5. The molecule has 2 aliphatic rings. The van der Waals surface area contributed by atoms with Crippen LogP contribution >= 0.6 is 0 Å². The molecule has 0 bridgehead atoms. The Hall–Kier alpha value is -2.76. The Labute approximate surface area is 176 Å². The van der Waals surface area contributed by atoms with Crippen LogP contribution in [0.3, 0.4) is 0 Å². The minimum Gasteiger partial charge on any atom is -0.493 e. The first-order valence-electron chi connectivity index (χ1n) is 10.7. The second-order valence-electron chi connectivity index (χ2n) is 8.29. The van der Waals surface area contributed by atoms with E-state index in [1.807, 2.05) is 25.1 Å². The van der Waals surface area contributed by atoms with Crippen molar-refractivity contribution in [3.8, 4) is 11.5 Å². The zero-order chi connectivity index (χ0) is 21.3. The highest BCUT2D eigenvalue weighted by molar-refractivity contribution is 6.03. The van der Waals surface area contributed by atoms with E-state index in [9.17, 15) is 9.59 Å². The number of hydrogen-bond acceptors (Lipinski definition) is 5. The zero-order valence-electron chi connectivity index (χ0n) is 17.9. The molecule has 1 aromatic heterocycles. The zero-order valence-corrected chi connectivity index (χ0v) is 17.9. The predicted molar refractivity (Wildman–Crippen MR) is 113 cm³/mol. The van der Waals surface area contributed by atoms with Gasteiger partial charge in [0.05, 0.1) is 14.2 Å². The maximum absolute atomic E-state index is 13.0. The summed E-state index contributed by atoms with van der Waals surface area (Å²) in [7, 11) is 3.20. The average molecular weight is 411 g/mol. The van der Waals surface area contributed by atoms with Crippen LogP contribution in [0.5, 0.6) is 11.5 Å². The molecule has 1 N–H and O–H groups in total. The number of aromatic nitrogens is 1. The molecule has 160 valence electrons. The van der Waals surface area contributed by atoms with Crippen LogP contribution in [0, 0.1) is 6.92 Å². The number of hydrogen-bond donors (Lipinski definition) is 1. The number of ketones is 1. The maximum atomic E-state index is 13.0. The molecule has 6 heteroatoms. The molecule has 4 rings (SSSR count). The molecule has 0 aliphatic heterocycles. The van der Waals surface area contributed by atoms with Crippen molar-refractivity contribution < 1.29 is 23.8 Å². The predicted octanol–water partition coefficient (Wildman–Crippen LogP) is 4.74. The van der Waals surface area contributed by atoms with Crippen LogP contribution < -0.4 is 9.47 Å². The fourth-order valence-electron chi connectivity index (χ4n) is 4.77. The third-order valence-electron chi connectivity index (χ3n) is 6.40. The van der Waals surface area contributed by atoms with Gasteiger partial charge in [-0.3, -0.25) is 4.79 Å². The van der Waals surface area contributed by atoms with Gasteiger partial charge in [-0.1, -0.05) is 12.5 Å². The molecule has 0 spiro atoms. The number of ether oxygens (including phenoxy) is 3. The van der Waals surface area contributed by atoms with E-state index in [0.29, 0.717) is 41.2 Å². The molecule has 30 heavy (non-hydrogen) atoms. The minimum atomic E-state index is -0.343. The summed E-state index contributed by atoms with van der Waals surface area (Å²) in [5, 5.41) is 0. The summed E-state index contributed by atoms with van der Waals surface area (Å²) in [6.45, 7) is 1.83. The Kier molecular flexibility index (Phi) is 5.84. The number of methoxy groups -OCH3 is 2. The molecule has 2 aromatic rings. The summed E-state index contributed by atoms with van der Waals surface area (Å²) in [4.78, 5) is 29.0. The van der Waals surface area contributed by atoms with Gasteiger partial charge in [-0.15, -0.1) is 0 Å². The minimum absolute atomic E-state index is 0.0128. The summed E-state index contributed by atoms with van der Waals surface area (Å²) >= 11 is 0. The van der Waals surface area contributed by atoms with Crippen molar-refractivity contribution in [1.82, 2.24) is 4.98 Å². The molecule has 1 fully saturated rings. The van der Waals surface area contributed by atoms with Crippen molar-refractivity contribution in [1.29, 1.82) is 0 Å². The molecule has 1 atom stereocenters. The highest BCUT2D eigenvalue weighted by Gasteiger charge is 2.33. The van der Waals surface area contributed by atoms with Crippen LogP contribution in [0.1, 0.15) is 82.1 Å². The van der Waals surface area contributed by atoms with Crippen LogP contribution in [0.4, 0.5) is 0 Å². The highest BCUT2D eigenvalue weighted by Crippen LogP contribution is 2.38. The number of esters is 1. The molecular formula is C24H29NO5. The standard InChI is InChI=1S/C24H29NO5/c1-14-22-18(25-23(14)24(27)30-17-7-5-4-6-8-17)11-16(12-19(22)26)15-9-10-20(28-2)21(13-15)29-3/h9-10,13,16-17,25H,4-8,11-12H2,1-3H3. The first-order valence-corrected chi connectivity index (χ1v) is 10.7. The van der Waals surface area contributed by atoms with Crippen LogP contribution in [0.2, 0.25) is 0 Å². The van der Waals surface area contributed by atoms with Gasteiger partial charge in [0.1, 0.15) is 11.8 Å². The number of H-pyrrole nitrogens is 1. The van der Waals surface area contributed by atoms with Crippen LogP contribution in [-0.4, -0.2) is 37.1 Å². The molecule has 0 amide bonds. The Morgan fingerprint density at radius 2 is 1.77 bits per heavy atom. The molecule has 1 heterocycles. The van der Waals surface area contributed by atoms with Gasteiger partial charge in [0.15, 0.2) is 17.3 Å². The lowest BCUT2D eigenvalue weighted by Crippen LogP contribution is -2.21. The van der Waals surface area contributed by atoms with Gasteiger partial charge in [0.25, 0.3) is 0 Å². The number of fused-ring (bicyclic) bond motifs is 1. The van der Waals surface area contributed by atoms with Gasteiger partial charge in [0, 0.05) is 17.7 Å². The summed E-state index contributed by atoms with van der Waals surface area (Å²) in [5.74, 6) is 1.04. The van der Waals surface area contributed by atoms with Gasteiger partial charge in [0.2, 0.25) is 0 Å². The van der Waals surface area contributed by atoms with E-state index in [0.717, 1.165) is 36.9 Å². The monoisotopic (exact) mass is 411 g/mol. The van der Waals surface area contributed by atoms with Crippen LogP contribution in [0.15, 0.2) is 18.2 Å². The summed E-state index contributed by atoms with van der Waals surface area (Å²) in [6, 6.07) is 5.76. The third kappa shape index (κ3) is 3.83. The van der Waals surface area contributed by atoms with E-state index in [2.05, 4.69) is 4.98 Å². The van der Waals surface area contributed by atoms with Gasteiger partial charge in [-0.05, 0) is 68.2 Å². The van der Waals surface area contributed by atoms with Crippen molar-refractivity contribution in [3.05, 3.63) is 46.3 Å².